The van der Waals surface area contributed by atoms with Gasteiger partial charge in [-0.25, -0.2) is 4.39 Å². The number of benzene rings is 3. The first-order valence-electron chi connectivity index (χ1n) is 13.6. The van der Waals surface area contributed by atoms with Crippen LogP contribution < -0.4 is 19.1 Å². The zero-order valence-electron chi connectivity index (χ0n) is 23.0. The van der Waals surface area contributed by atoms with E-state index in [-0.39, 0.29) is 22.3 Å². The lowest BCUT2D eigenvalue weighted by Crippen LogP contribution is -2.29. The SMILES string of the molecule is CCCOc1cccc([C@H]2/C(=C(\O)c3ccc4c(c3)OCCO4)C(=O)C(=O)N2c2nnc(SCc3ccc(F)cc3)s2)c1. The van der Waals surface area contributed by atoms with Gasteiger partial charge in [-0.3, -0.25) is 14.5 Å². The molecule has 1 aromatic heterocycles. The van der Waals surface area contributed by atoms with Gasteiger partial charge in [0, 0.05) is 11.3 Å². The Labute approximate surface area is 254 Å². The molecule has 0 saturated carbocycles. The number of anilines is 1. The molecule has 2 aliphatic rings. The third-order valence-electron chi connectivity index (χ3n) is 6.78. The standard InChI is InChI=1S/C31H26FN3O6S2/c1-2-12-39-22-5-3-4-19(15-22)26-25(27(36)20-8-11-23-24(16-20)41-14-13-40-23)28(37)29(38)35(26)30-33-34-31(43-30)42-17-18-6-9-21(32)10-7-18/h3-11,15-16,26,36H,2,12-14,17H2,1H3/b27-25+/t26-/m0/s1. The highest BCUT2D eigenvalue weighted by molar-refractivity contribution is 8.00. The van der Waals surface area contributed by atoms with Crippen molar-refractivity contribution >= 4 is 45.7 Å². The summed E-state index contributed by atoms with van der Waals surface area (Å²) in [6, 6.07) is 17.1. The van der Waals surface area contributed by atoms with Crippen LogP contribution in [0.25, 0.3) is 5.76 Å². The number of halogens is 1. The summed E-state index contributed by atoms with van der Waals surface area (Å²) in [5.74, 6) is -0.317. The van der Waals surface area contributed by atoms with E-state index < -0.39 is 17.7 Å². The second kappa shape index (κ2) is 12.4. The number of aromatic nitrogens is 2. The fraction of sp³-hybridized carbons (Fsp3) is 0.226. The van der Waals surface area contributed by atoms with Crippen LogP contribution in [-0.2, 0) is 15.3 Å². The first-order valence-corrected chi connectivity index (χ1v) is 15.4. The van der Waals surface area contributed by atoms with Crippen LogP contribution in [0, 0.1) is 5.82 Å². The lowest BCUT2D eigenvalue weighted by Gasteiger charge is -2.23. The highest BCUT2D eigenvalue weighted by atomic mass is 32.2. The number of nitrogens with zero attached hydrogens (tertiary/aromatic N) is 3. The molecule has 220 valence electrons. The van der Waals surface area contributed by atoms with Crippen molar-refractivity contribution in [2.75, 3.05) is 24.7 Å². The Morgan fingerprint density at radius 3 is 2.65 bits per heavy atom. The van der Waals surface area contributed by atoms with Crippen molar-refractivity contribution in [3.05, 3.63) is 94.8 Å². The van der Waals surface area contributed by atoms with Crippen LogP contribution in [0.5, 0.6) is 17.2 Å². The van der Waals surface area contributed by atoms with Crippen molar-refractivity contribution in [2.24, 2.45) is 0 Å². The van der Waals surface area contributed by atoms with Gasteiger partial charge in [0.25, 0.3) is 5.78 Å². The Hall–Kier alpha value is -4.42. The van der Waals surface area contributed by atoms with E-state index in [1.807, 2.05) is 6.92 Å². The van der Waals surface area contributed by atoms with Crippen molar-refractivity contribution in [1.82, 2.24) is 10.2 Å². The summed E-state index contributed by atoms with van der Waals surface area (Å²) < 4.78 is 30.9. The van der Waals surface area contributed by atoms with Gasteiger partial charge in [0.2, 0.25) is 5.13 Å². The minimum atomic E-state index is -0.999. The van der Waals surface area contributed by atoms with Gasteiger partial charge in [0.1, 0.15) is 30.5 Å². The van der Waals surface area contributed by atoms with Crippen LogP contribution in [0.3, 0.4) is 0 Å². The molecule has 3 aromatic carbocycles. The maximum Gasteiger partial charge on any atom is 0.301 e. The van der Waals surface area contributed by atoms with Crippen molar-refractivity contribution < 1.29 is 33.3 Å². The normalized spacial score (nSPS) is 17.3. The lowest BCUT2D eigenvalue weighted by molar-refractivity contribution is -0.132. The van der Waals surface area contributed by atoms with Gasteiger partial charge < -0.3 is 19.3 Å². The largest absolute Gasteiger partial charge is 0.507 e. The van der Waals surface area contributed by atoms with E-state index in [2.05, 4.69) is 10.2 Å². The lowest BCUT2D eigenvalue weighted by atomic mass is 9.95. The summed E-state index contributed by atoms with van der Waals surface area (Å²) in [4.78, 5) is 28.5. The molecular formula is C31H26FN3O6S2. The monoisotopic (exact) mass is 619 g/mol. The first-order chi connectivity index (χ1) is 20.9. The van der Waals surface area contributed by atoms with Gasteiger partial charge in [-0.2, -0.15) is 0 Å². The molecule has 1 N–H and O–H groups in total. The minimum absolute atomic E-state index is 0.0926. The van der Waals surface area contributed by atoms with Crippen molar-refractivity contribution in [1.29, 1.82) is 0 Å². The van der Waals surface area contributed by atoms with Crippen LogP contribution in [0.4, 0.5) is 9.52 Å². The molecule has 4 aromatic rings. The summed E-state index contributed by atoms with van der Waals surface area (Å²) in [6.07, 6.45) is 0.802. The predicted molar refractivity (Wildman–Crippen MR) is 160 cm³/mol. The van der Waals surface area contributed by atoms with Crippen LogP contribution in [0.15, 0.2) is 76.6 Å². The third-order valence-corrected chi connectivity index (χ3v) is 8.91. The van der Waals surface area contributed by atoms with E-state index in [1.54, 1.807) is 54.6 Å². The second-order valence-electron chi connectivity index (χ2n) is 9.71. The van der Waals surface area contributed by atoms with E-state index in [1.165, 1.54) is 28.8 Å². The highest BCUT2D eigenvalue weighted by Crippen LogP contribution is 2.45. The molecule has 0 spiro atoms. The Balaban J connectivity index is 1.39. The second-order valence-corrected chi connectivity index (χ2v) is 11.9. The molecule has 0 aliphatic carbocycles. The number of aliphatic hydroxyl groups is 1. The molecule has 1 atom stereocenters. The van der Waals surface area contributed by atoms with Crippen LogP contribution in [0.2, 0.25) is 0 Å². The number of thioether (sulfide) groups is 1. The van der Waals surface area contributed by atoms with Gasteiger partial charge in [0.05, 0.1) is 18.2 Å². The Morgan fingerprint density at radius 2 is 1.86 bits per heavy atom. The van der Waals surface area contributed by atoms with Crippen molar-refractivity contribution in [3.8, 4) is 17.2 Å². The van der Waals surface area contributed by atoms with E-state index in [0.717, 1.165) is 23.3 Å². The Morgan fingerprint density at radius 1 is 1.07 bits per heavy atom. The number of fused-ring (bicyclic) bond motifs is 1. The number of aliphatic hydroxyl groups excluding tert-OH is 1. The molecule has 3 heterocycles. The summed E-state index contributed by atoms with van der Waals surface area (Å²) in [7, 11) is 0. The van der Waals surface area contributed by atoms with Gasteiger partial charge in [-0.05, 0) is 60.0 Å². The fourth-order valence-corrected chi connectivity index (χ4v) is 6.59. The van der Waals surface area contributed by atoms with Gasteiger partial charge in [-0.15, -0.1) is 10.2 Å². The minimum Gasteiger partial charge on any atom is -0.507 e. The molecule has 0 radical (unpaired) electrons. The first kappa shape index (κ1) is 28.7. The van der Waals surface area contributed by atoms with Gasteiger partial charge >= 0.3 is 5.91 Å². The molecular weight excluding hydrogens is 593 g/mol. The maximum absolute atomic E-state index is 13.6. The summed E-state index contributed by atoms with van der Waals surface area (Å²) >= 11 is 2.53. The van der Waals surface area contributed by atoms with E-state index in [4.69, 9.17) is 14.2 Å². The van der Waals surface area contributed by atoms with Crippen molar-refractivity contribution in [3.63, 3.8) is 0 Å². The number of ether oxygens (including phenoxy) is 3. The Kier molecular flexibility index (Phi) is 8.30. The number of hydrogen-bond acceptors (Lipinski definition) is 10. The van der Waals surface area contributed by atoms with E-state index in [0.29, 0.717) is 58.3 Å². The molecule has 6 rings (SSSR count). The third kappa shape index (κ3) is 5.93. The number of hydrogen-bond donors (Lipinski definition) is 1. The summed E-state index contributed by atoms with van der Waals surface area (Å²) in [5.41, 5.74) is 1.66. The molecule has 0 bridgehead atoms. The molecule has 1 fully saturated rings. The van der Waals surface area contributed by atoms with Crippen LogP contribution in [0.1, 0.15) is 36.1 Å². The van der Waals surface area contributed by atoms with E-state index >= 15 is 0 Å². The van der Waals surface area contributed by atoms with Gasteiger partial charge in [0.15, 0.2) is 15.8 Å². The van der Waals surface area contributed by atoms with Gasteiger partial charge in [-0.1, -0.05) is 54.3 Å². The number of rotatable bonds is 9. The van der Waals surface area contributed by atoms with E-state index in [9.17, 15) is 19.1 Å². The molecule has 1 saturated heterocycles. The Bertz CT molecular complexity index is 1710. The predicted octanol–water partition coefficient (Wildman–Crippen LogP) is 6.16. The average molecular weight is 620 g/mol. The molecule has 12 heteroatoms. The quantitative estimate of drug-likeness (QED) is 0.0775. The van der Waals surface area contributed by atoms with Crippen LogP contribution in [-0.4, -0.2) is 46.8 Å². The fourth-order valence-electron chi connectivity index (χ4n) is 4.77. The number of carbonyl (C=O) groups is 2. The molecule has 1 amide bonds. The van der Waals surface area contributed by atoms with Crippen molar-refractivity contribution in [2.45, 2.75) is 29.5 Å². The topological polar surface area (TPSA) is 111 Å². The zero-order chi connectivity index (χ0) is 29.9. The highest BCUT2D eigenvalue weighted by Gasteiger charge is 2.48. The summed E-state index contributed by atoms with van der Waals surface area (Å²) in [6.45, 7) is 3.25. The number of ketones is 1. The van der Waals surface area contributed by atoms with Crippen LogP contribution >= 0.6 is 23.1 Å². The maximum atomic E-state index is 13.6. The molecule has 43 heavy (non-hydrogen) atoms. The smallest absolute Gasteiger partial charge is 0.301 e. The summed E-state index contributed by atoms with van der Waals surface area (Å²) in [5, 5.41) is 20.2. The average Bonchev–Trinajstić information content (AvgIpc) is 3.61. The number of Topliss-reactive ketones (excluding diaryl/α,β-unsaturated/α-hetero) is 1. The molecule has 0 unspecified atom stereocenters. The zero-order valence-corrected chi connectivity index (χ0v) is 24.6. The number of amides is 1. The molecule has 9 nitrogen and oxygen atoms in total. The number of carbonyl (C=O) groups excluding carboxylic acids is 2. The molecule has 2 aliphatic heterocycles.